The van der Waals surface area contributed by atoms with E-state index >= 15 is 0 Å². The second kappa shape index (κ2) is 3.66. The van der Waals surface area contributed by atoms with E-state index in [2.05, 4.69) is 23.2 Å². The van der Waals surface area contributed by atoms with Gasteiger partial charge in [-0.3, -0.25) is 0 Å². The van der Waals surface area contributed by atoms with E-state index in [4.69, 9.17) is 5.26 Å². The van der Waals surface area contributed by atoms with Crippen LogP contribution in [0.5, 0.6) is 0 Å². The van der Waals surface area contributed by atoms with E-state index in [9.17, 15) is 0 Å². The van der Waals surface area contributed by atoms with Crippen molar-refractivity contribution in [2.24, 2.45) is 0 Å². The molecule has 0 saturated heterocycles. The van der Waals surface area contributed by atoms with E-state index in [1.807, 2.05) is 18.2 Å². The first kappa shape index (κ1) is 9.44. The molecule has 1 aliphatic rings. The van der Waals surface area contributed by atoms with Gasteiger partial charge in [-0.2, -0.15) is 5.26 Å². The topological polar surface area (TPSA) is 36.7 Å². The van der Waals surface area contributed by atoms with Crippen molar-refractivity contribution in [3.8, 4) is 6.07 Å². The van der Waals surface area contributed by atoms with Crippen LogP contribution in [0.1, 0.15) is 16.7 Å². The molecule has 0 unspecified atom stereocenters. The third kappa shape index (κ3) is 1.48. The van der Waals surface area contributed by atoms with Gasteiger partial charge < -0.3 is 0 Å². The smallest absolute Gasteiger partial charge is 0.104 e. The fourth-order valence-corrected chi connectivity index (χ4v) is 2.83. The monoisotopic (exact) mass is 224 g/mol. The molecule has 1 aromatic heterocycles. The van der Waals surface area contributed by atoms with Gasteiger partial charge in [0.25, 0.3) is 0 Å². The molecule has 0 amide bonds. The van der Waals surface area contributed by atoms with Gasteiger partial charge in [0.1, 0.15) is 11.1 Å². The van der Waals surface area contributed by atoms with Gasteiger partial charge >= 0.3 is 0 Å². The Labute approximate surface area is 97.9 Å². The summed E-state index contributed by atoms with van der Waals surface area (Å²) >= 11 is 1.68. The van der Waals surface area contributed by atoms with Crippen LogP contribution >= 0.6 is 11.8 Å². The van der Waals surface area contributed by atoms with Crippen LogP contribution in [-0.4, -0.2) is 4.98 Å². The number of rotatable bonds is 0. The molecule has 0 saturated carbocycles. The molecule has 0 N–H and O–H groups in total. The van der Waals surface area contributed by atoms with E-state index in [1.54, 1.807) is 18.0 Å². The summed E-state index contributed by atoms with van der Waals surface area (Å²) in [6, 6.07) is 12.4. The molecule has 0 fully saturated rings. The molecule has 3 rings (SSSR count). The predicted octanol–water partition coefficient (Wildman–Crippen LogP) is 3.01. The number of hydrogen-bond donors (Lipinski definition) is 0. The lowest BCUT2D eigenvalue weighted by Crippen LogP contribution is -2.01. The number of benzene rings is 1. The molecule has 1 aromatic carbocycles. The lowest BCUT2D eigenvalue weighted by atomic mass is 10.0. The minimum atomic E-state index is 0.638. The van der Waals surface area contributed by atoms with Crippen molar-refractivity contribution in [1.29, 1.82) is 5.26 Å². The van der Waals surface area contributed by atoms with Crippen LogP contribution < -0.4 is 0 Å². The molecule has 16 heavy (non-hydrogen) atoms. The van der Waals surface area contributed by atoms with Crippen molar-refractivity contribution < 1.29 is 0 Å². The maximum atomic E-state index is 8.84. The SMILES string of the molecule is N#Cc1cnc2c(c1)Cc1ccccc1S2. The van der Waals surface area contributed by atoms with Gasteiger partial charge in [-0.05, 0) is 23.3 Å². The number of pyridine rings is 1. The summed E-state index contributed by atoms with van der Waals surface area (Å²) in [7, 11) is 0. The Morgan fingerprint density at radius 1 is 1.25 bits per heavy atom. The quantitative estimate of drug-likeness (QED) is 0.589. The second-order valence-corrected chi connectivity index (χ2v) is 4.72. The van der Waals surface area contributed by atoms with E-state index < -0.39 is 0 Å². The zero-order valence-electron chi connectivity index (χ0n) is 8.47. The average Bonchev–Trinajstić information content (AvgIpc) is 2.35. The summed E-state index contributed by atoms with van der Waals surface area (Å²) in [6.45, 7) is 0. The maximum absolute atomic E-state index is 8.84. The third-order valence-electron chi connectivity index (χ3n) is 2.61. The van der Waals surface area contributed by atoms with Crippen LogP contribution in [0.2, 0.25) is 0 Å². The summed E-state index contributed by atoms with van der Waals surface area (Å²) in [5.74, 6) is 0. The minimum absolute atomic E-state index is 0.638. The van der Waals surface area contributed by atoms with E-state index in [0.29, 0.717) is 5.56 Å². The highest BCUT2D eigenvalue weighted by molar-refractivity contribution is 7.99. The third-order valence-corrected chi connectivity index (χ3v) is 3.79. The molecule has 0 radical (unpaired) electrons. The molecule has 2 nitrogen and oxygen atoms in total. The van der Waals surface area contributed by atoms with E-state index in [1.165, 1.54) is 10.5 Å². The van der Waals surface area contributed by atoms with Crippen LogP contribution in [0.15, 0.2) is 46.5 Å². The number of aromatic nitrogens is 1. The average molecular weight is 224 g/mol. The first-order valence-electron chi connectivity index (χ1n) is 5.01. The number of hydrogen-bond acceptors (Lipinski definition) is 3. The highest BCUT2D eigenvalue weighted by Gasteiger charge is 2.16. The number of nitrogens with zero attached hydrogens (tertiary/aromatic N) is 2. The van der Waals surface area contributed by atoms with Gasteiger partial charge in [-0.25, -0.2) is 4.98 Å². The highest BCUT2D eigenvalue weighted by Crippen LogP contribution is 2.37. The van der Waals surface area contributed by atoms with Gasteiger partial charge in [0.05, 0.1) is 5.56 Å². The minimum Gasteiger partial charge on any atom is -0.248 e. The fourth-order valence-electron chi connectivity index (χ4n) is 1.84. The van der Waals surface area contributed by atoms with Crippen LogP contribution in [0.25, 0.3) is 0 Å². The van der Waals surface area contributed by atoms with E-state index in [-0.39, 0.29) is 0 Å². The zero-order valence-corrected chi connectivity index (χ0v) is 9.29. The normalized spacial score (nSPS) is 12.4. The summed E-state index contributed by atoms with van der Waals surface area (Å²) < 4.78 is 0. The maximum Gasteiger partial charge on any atom is 0.104 e. The molecule has 2 heterocycles. The fraction of sp³-hybridized carbons (Fsp3) is 0.0769. The van der Waals surface area contributed by atoms with Crippen LogP contribution in [0.4, 0.5) is 0 Å². The van der Waals surface area contributed by atoms with Crippen LogP contribution in [-0.2, 0) is 6.42 Å². The van der Waals surface area contributed by atoms with Gasteiger partial charge in [0.2, 0.25) is 0 Å². The second-order valence-electron chi connectivity index (χ2n) is 3.69. The van der Waals surface area contributed by atoms with Gasteiger partial charge in [0.15, 0.2) is 0 Å². The number of fused-ring (bicyclic) bond motifs is 2. The molecule has 2 aromatic rings. The lowest BCUT2D eigenvalue weighted by Gasteiger charge is -2.17. The standard InChI is InChI=1S/C13H8N2S/c14-7-9-5-11-6-10-3-1-2-4-12(10)16-13(11)15-8-9/h1-5,8H,6H2. The first-order valence-corrected chi connectivity index (χ1v) is 5.83. The molecular weight excluding hydrogens is 216 g/mol. The molecule has 0 spiro atoms. The van der Waals surface area contributed by atoms with Crippen molar-refractivity contribution in [2.45, 2.75) is 16.3 Å². The van der Waals surface area contributed by atoms with Crippen molar-refractivity contribution >= 4 is 11.8 Å². The van der Waals surface area contributed by atoms with Crippen molar-refractivity contribution in [1.82, 2.24) is 4.98 Å². The van der Waals surface area contributed by atoms with Gasteiger partial charge in [-0.1, -0.05) is 30.0 Å². The Hall–Kier alpha value is -1.79. The molecule has 0 aliphatic carbocycles. The zero-order chi connectivity index (χ0) is 11.0. The Morgan fingerprint density at radius 2 is 2.12 bits per heavy atom. The van der Waals surface area contributed by atoms with E-state index in [0.717, 1.165) is 17.0 Å². The molecule has 0 bridgehead atoms. The van der Waals surface area contributed by atoms with Crippen molar-refractivity contribution in [3.05, 3.63) is 53.2 Å². The summed E-state index contributed by atoms with van der Waals surface area (Å²) in [4.78, 5) is 5.60. The van der Waals surface area contributed by atoms with Gasteiger partial charge in [-0.15, -0.1) is 0 Å². The highest BCUT2D eigenvalue weighted by atomic mass is 32.2. The van der Waals surface area contributed by atoms with Crippen LogP contribution in [0, 0.1) is 11.3 Å². The van der Waals surface area contributed by atoms with Gasteiger partial charge in [0, 0.05) is 17.5 Å². The summed E-state index contributed by atoms with van der Waals surface area (Å²) in [6.07, 6.45) is 2.51. The Bertz CT molecular complexity index is 599. The lowest BCUT2D eigenvalue weighted by molar-refractivity contribution is 0.972. The molecule has 3 heteroatoms. The molecular formula is C13H8N2S. The summed E-state index contributed by atoms with van der Waals surface area (Å²) in [5.41, 5.74) is 3.11. The van der Waals surface area contributed by atoms with Crippen molar-refractivity contribution in [3.63, 3.8) is 0 Å². The molecule has 76 valence electrons. The largest absolute Gasteiger partial charge is 0.248 e. The molecule has 1 aliphatic heterocycles. The summed E-state index contributed by atoms with van der Waals surface area (Å²) in [5, 5.41) is 9.86. The molecule has 0 atom stereocenters. The Balaban J connectivity index is 2.09. The predicted molar refractivity (Wildman–Crippen MR) is 62.3 cm³/mol. The number of nitriles is 1. The Kier molecular flexibility index (Phi) is 2.16. The van der Waals surface area contributed by atoms with Crippen LogP contribution in [0.3, 0.4) is 0 Å². The van der Waals surface area contributed by atoms with Crippen molar-refractivity contribution in [2.75, 3.05) is 0 Å². The first-order chi connectivity index (χ1) is 7.86. The Morgan fingerprint density at radius 3 is 3.00 bits per heavy atom.